The van der Waals surface area contributed by atoms with Gasteiger partial charge < -0.3 is 10.2 Å². The maximum atomic E-state index is 12.3. The summed E-state index contributed by atoms with van der Waals surface area (Å²) in [6.07, 6.45) is 12.0. The van der Waals surface area contributed by atoms with E-state index in [2.05, 4.69) is 26.2 Å². The third kappa shape index (κ3) is 5.70. The number of hydrogen-bond acceptors (Lipinski definition) is 4. The zero-order chi connectivity index (χ0) is 17.3. The molecule has 0 aliphatic carbocycles. The first-order valence-electron chi connectivity index (χ1n) is 10.0. The molecule has 138 valence electrons. The van der Waals surface area contributed by atoms with Gasteiger partial charge in [-0.15, -0.1) is 0 Å². The molecule has 1 amide bonds. The number of aromatic nitrogens is 1. The van der Waals surface area contributed by atoms with E-state index >= 15 is 0 Å². The monoisotopic (exact) mass is 344 g/mol. The summed E-state index contributed by atoms with van der Waals surface area (Å²) in [5.74, 6) is 1.19. The fraction of sp³-hybridized carbons (Fsp3) is 0.700. The first kappa shape index (κ1) is 18.2. The number of nitrogens with one attached hydrogen (secondary N) is 1. The molecule has 2 aliphatic rings. The highest BCUT2D eigenvalue weighted by molar-refractivity contribution is 5.78. The normalized spacial score (nSPS) is 19.9. The number of hydrogen-bond donors (Lipinski definition) is 1. The molecule has 3 rings (SSSR count). The molecule has 3 heterocycles. The van der Waals surface area contributed by atoms with Crippen LogP contribution >= 0.6 is 0 Å². The molecule has 0 unspecified atom stereocenters. The molecule has 0 aromatic carbocycles. The van der Waals surface area contributed by atoms with E-state index in [1.165, 1.54) is 51.4 Å². The van der Waals surface area contributed by atoms with Gasteiger partial charge in [-0.3, -0.25) is 9.69 Å². The summed E-state index contributed by atoms with van der Waals surface area (Å²) in [5.41, 5.74) is 1.13. The third-order valence-electron chi connectivity index (χ3n) is 5.32. The van der Waals surface area contributed by atoms with Gasteiger partial charge >= 0.3 is 0 Å². The van der Waals surface area contributed by atoms with Crippen molar-refractivity contribution < 1.29 is 4.79 Å². The maximum Gasteiger partial charge on any atom is 0.234 e. The lowest BCUT2D eigenvalue weighted by atomic mass is 10.1. The van der Waals surface area contributed by atoms with Gasteiger partial charge in [0.2, 0.25) is 5.91 Å². The molecule has 2 aliphatic heterocycles. The summed E-state index contributed by atoms with van der Waals surface area (Å²) in [5, 5.41) is 3.11. The van der Waals surface area contributed by atoms with Crippen LogP contribution in [0.3, 0.4) is 0 Å². The molecule has 1 aromatic rings. The van der Waals surface area contributed by atoms with Crippen molar-refractivity contribution in [3.63, 3.8) is 0 Å². The first-order valence-corrected chi connectivity index (χ1v) is 10.0. The molecule has 0 radical (unpaired) electrons. The minimum Gasteiger partial charge on any atom is -0.356 e. The van der Waals surface area contributed by atoms with E-state index in [9.17, 15) is 4.79 Å². The number of piperidine rings is 1. The summed E-state index contributed by atoms with van der Waals surface area (Å²) in [6, 6.07) is 4.07. The van der Waals surface area contributed by atoms with E-state index in [0.29, 0.717) is 13.1 Å². The van der Waals surface area contributed by atoms with Gasteiger partial charge in [0, 0.05) is 31.4 Å². The quantitative estimate of drug-likeness (QED) is 0.892. The second kappa shape index (κ2) is 9.76. The Hall–Kier alpha value is -1.62. The van der Waals surface area contributed by atoms with Crippen molar-refractivity contribution in [3.8, 4) is 0 Å². The Kier molecular flexibility index (Phi) is 7.10. The summed E-state index contributed by atoms with van der Waals surface area (Å²) in [6.45, 7) is 5.36. The Morgan fingerprint density at radius 3 is 2.36 bits per heavy atom. The van der Waals surface area contributed by atoms with Crippen LogP contribution in [0.25, 0.3) is 0 Å². The molecule has 0 saturated carbocycles. The zero-order valence-corrected chi connectivity index (χ0v) is 15.4. The molecule has 1 N–H and O–H groups in total. The Labute approximate surface area is 151 Å². The lowest BCUT2D eigenvalue weighted by Gasteiger charge is -2.28. The number of nitrogens with zero attached hydrogens (tertiary/aromatic N) is 3. The van der Waals surface area contributed by atoms with E-state index < -0.39 is 0 Å². The summed E-state index contributed by atoms with van der Waals surface area (Å²) in [7, 11) is 0. The molecule has 0 spiro atoms. The van der Waals surface area contributed by atoms with Crippen molar-refractivity contribution >= 4 is 11.7 Å². The van der Waals surface area contributed by atoms with Crippen LogP contribution in [0.2, 0.25) is 0 Å². The Morgan fingerprint density at radius 1 is 0.960 bits per heavy atom. The van der Waals surface area contributed by atoms with Crippen LogP contribution in [-0.4, -0.2) is 48.5 Å². The fourth-order valence-corrected chi connectivity index (χ4v) is 3.88. The predicted molar refractivity (Wildman–Crippen MR) is 102 cm³/mol. The molecule has 2 saturated heterocycles. The average Bonchev–Trinajstić information content (AvgIpc) is 2.61. The molecule has 5 nitrogen and oxygen atoms in total. The van der Waals surface area contributed by atoms with Gasteiger partial charge in [-0.2, -0.15) is 0 Å². The molecule has 5 heteroatoms. The highest BCUT2D eigenvalue weighted by atomic mass is 16.2. The molecular weight excluding hydrogens is 312 g/mol. The maximum absolute atomic E-state index is 12.3. The SMILES string of the molecule is O=C(CN1CCCCC1)NCc1cccnc1N1CCCCCCC1. The van der Waals surface area contributed by atoms with Crippen LogP contribution in [0.5, 0.6) is 0 Å². The van der Waals surface area contributed by atoms with Gasteiger partial charge in [-0.05, 0) is 44.8 Å². The van der Waals surface area contributed by atoms with Gasteiger partial charge in [0.15, 0.2) is 0 Å². The standard InChI is InChI=1S/C20H32N4O/c25-19(17-23-12-5-4-6-13-23)22-16-18-10-9-11-21-20(18)24-14-7-2-1-3-8-15-24/h9-11H,1-8,12-17H2,(H,22,25). The van der Waals surface area contributed by atoms with Crippen LogP contribution in [0.15, 0.2) is 18.3 Å². The van der Waals surface area contributed by atoms with Crippen LogP contribution in [-0.2, 0) is 11.3 Å². The van der Waals surface area contributed by atoms with Crippen LogP contribution in [0.1, 0.15) is 56.9 Å². The number of amides is 1. The topological polar surface area (TPSA) is 48.5 Å². The number of anilines is 1. The van der Waals surface area contributed by atoms with Crippen molar-refractivity contribution in [2.75, 3.05) is 37.6 Å². The average molecular weight is 345 g/mol. The van der Waals surface area contributed by atoms with Gasteiger partial charge in [-0.1, -0.05) is 31.7 Å². The van der Waals surface area contributed by atoms with Gasteiger partial charge in [0.05, 0.1) is 6.54 Å². The van der Waals surface area contributed by atoms with Crippen molar-refractivity contribution in [3.05, 3.63) is 23.9 Å². The Bertz CT molecular complexity index is 534. The number of carbonyl (C=O) groups excluding carboxylic acids is 1. The second-order valence-electron chi connectivity index (χ2n) is 7.35. The summed E-state index contributed by atoms with van der Waals surface area (Å²) in [4.78, 5) is 21.6. The van der Waals surface area contributed by atoms with Crippen molar-refractivity contribution in [2.45, 2.75) is 57.9 Å². The number of carbonyl (C=O) groups is 1. The van der Waals surface area contributed by atoms with Gasteiger partial charge in [0.1, 0.15) is 5.82 Å². The van der Waals surface area contributed by atoms with Crippen LogP contribution < -0.4 is 10.2 Å². The third-order valence-corrected chi connectivity index (χ3v) is 5.32. The van der Waals surface area contributed by atoms with Crippen molar-refractivity contribution in [1.82, 2.24) is 15.2 Å². The fourth-order valence-electron chi connectivity index (χ4n) is 3.88. The largest absolute Gasteiger partial charge is 0.356 e. The first-order chi connectivity index (χ1) is 12.3. The lowest BCUT2D eigenvalue weighted by molar-refractivity contribution is -0.122. The zero-order valence-electron chi connectivity index (χ0n) is 15.4. The summed E-state index contributed by atoms with van der Waals surface area (Å²) >= 11 is 0. The lowest BCUT2D eigenvalue weighted by Crippen LogP contribution is -2.39. The second-order valence-corrected chi connectivity index (χ2v) is 7.35. The summed E-state index contributed by atoms with van der Waals surface area (Å²) < 4.78 is 0. The Balaban J connectivity index is 1.55. The van der Waals surface area contributed by atoms with E-state index in [4.69, 9.17) is 0 Å². The van der Waals surface area contributed by atoms with E-state index in [1.807, 2.05) is 12.3 Å². The van der Waals surface area contributed by atoms with Crippen molar-refractivity contribution in [1.29, 1.82) is 0 Å². The highest BCUT2D eigenvalue weighted by Crippen LogP contribution is 2.21. The van der Waals surface area contributed by atoms with E-state index in [1.54, 1.807) is 0 Å². The van der Waals surface area contributed by atoms with Crippen LogP contribution in [0.4, 0.5) is 5.82 Å². The van der Waals surface area contributed by atoms with Gasteiger partial charge in [-0.25, -0.2) is 4.98 Å². The van der Waals surface area contributed by atoms with E-state index in [0.717, 1.165) is 37.6 Å². The number of pyridine rings is 1. The minimum atomic E-state index is 0.129. The Morgan fingerprint density at radius 2 is 1.60 bits per heavy atom. The number of likely N-dealkylation sites (tertiary alicyclic amines) is 1. The molecular formula is C20H32N4O. The van der Waals surface area contributed by atoms with Gasteiger partial charge in [0.25, 0.3) is 0 Å². The molecule has 0 atom stereocenters. The molecule has 1 aromatic heterocycles. The highest BCUT2D eigenvalue weighted by Gasteiger charge is 2.16. The number of rotatable bonds is 5. The molecule has 2 fully saturated rings. The smallest absolute Gasteiger partial charge is 0.234 e. The molecule has 0 bridgehead atoms. The van der Waals surface area contributed by atoms with Crippen molar-refractivity contribution in [2.24, 2.45) is 0 Å². The minimum absolute atomic E-state index is 0.129. The van der Waals surface area contributed by atoms with E-state index in [-0.39, 0.29) is 5.91 Å². The predicted octanol–water partition coefficient (Wildman–Crippen LogP) is 2.95. The molecule has 25 heavy (non-hydrogen) atoms. The van der Waals surface area contributed by atoms with Crippen LogP contribution in [0, 0.1) is 0 Å².